The summed E-state index contributed by atoms with van der Waals surface area (Å²) in [5.74, 6) is 0.492. The molecule has 26 heavy (non-hydrogen) atoms. The van der Waals surface area contributed by atoms with Gasteiger partial charge in [0.2, 0.25) is 0 Å². The van der Waals surface area contributed by atoms with E-state index >= 15 is 0 Å². The number of rotatable bonds is 3. The van der Waals surface area contributed by atoms with Gasteiger partial charge in [0.05, 0.1) is 11.2 Å². The number of nitrogens with zero attached hydrogens (tertiary/aromatic N) is 3. The van der Waals surface area contributed by atoms with Crippen molar-refractivity contribution >= 4 is 27.6 Å². The maximum atomic E-state index is 6.15. The molecule has 0 aliphatic rings. The zero-order chi connectivity index (χ0) is 18.7. The molecule has 4 aromatic rings. The maximum Gasteiger partial charge on any atom is 0.152 e. The lowest BCUT2D eigenvalue weighted by molar-refractivity contribution is 0.734. The van der Waals surface area contributed by atoms with Crippen molar-refractivity contribution in [1.82, 2.24) is 14.8 Å². The second-order valence-corrected chi connectivity index (χ2v) is 6.15. The van der Waals surface area contributed by atoms with E-state index in [1.807, 2.05) is 43.8 Å². The summed E-state index contributed by atoms with van der Waals surface area (Å²) < 4.78 is 1.93. The average Bonchev–Trinajstić information content (AvgIpc) is 3.01. The van der Waals surface area contributed by atoms with Gasteiger partial charge in [0, 0.05) is 24.2 Å². The molecule has 4 heteroatoms. The monoisotopic (exact) mass is 346 g/mol. The van der Waals surface area contributed by atoms with Crippen LogP contribution in [0.1, 0.15) is 37.6 Å². The van der Waals surface area contributed by atoms with Crippen molar-refractivity contribution in [2.24, 2.45) is 7.05 Å². The van der Waals surface area contributed by atoms with Crippen LogP contribution in [-0.4, -0.2) is 14.8 Å². The fourth-order valence-electron chi connectivity index (χ4n) is 3.28. The highest BCUT2D eigenvalue weighted by atomic mass is 15.3. The highest BCUT2D eigenvalue weighted by Gasteiger charge is 2.16. The van der Waals surface area contributed by atoms with Crippen molar-refractivity contribution in [2.45, 2.75) is 33.6 Å². The van der Waals surface area contributed by atoms with E-state index in [9.17, 15) is 0 Å². The third-order valence-electron chi connectivity index (χ3n) is 4.63. The molecular formula is C22H26N4. The molecule has 0 saturated heterocycles. The van der Waals surface area contributed by atoms with E-state index in [0.717, 1.165) is 34.6 Å². The number of nitrogen functional groups attached to an aromatic ring is 1. The van der Waals surface area contributed by atoms with Crippen LogP contribution in [0.2, 0.25) is 0 Å². The summed E-state index contributed by atoms with van der Waals surface area (Å²) in [7, 11) is 1.98. The second-order valence-electron chi connectivity index (χ2n) is 6.15. The van der Waals surface area contributed by atoms with E-state index in [4.69, 9.17) is 5.73 Å². The molecule has 0 spiro atoms. The number of para-hydroxylation sites is 1. The van der Waals surface area contributed by atoms with Crippen LogP contribution in [0.5, 0.6) is 0 Å². The fourth-order valence-corrected chi connectivity index (χ4v) is 3.28. The predicted molar refractivity (Wildman–Crippen MR) is 110 cm³/mol. The molecule has 0 saturated carbocycles. The van der Waals surface area contributed by atoms with Crippen LogP contribution in [0, 0.1) is 0 Å². The minimum atomic E-state index is 0.492. The maximum absolute atomic E-state index is 6.15. The Labute approximate surface area is 154 Å². The Hall–Kier alpha value is -2.88. The van der Waals surface area contributed by atoms with Crippen LogP contribution in [0.3, 0.4) is 0 Å². The SMILES string of the molecule is CC.CCc1ccc(Cc2c3c(nn2C)c(N)nc2ccccc23)cc1. The molecule has 0 unspecified atom stereocenters. The standard InChI is InChI=1S/C20H20N4.C2H6/c1-3-13-8-10-14(11-9-13)12-17-18-15-6-4-5-7-16(15)22-20(21)19(18)23-24(17)2;1-2/h4-11H,3,12H2,1-2H3,(H2,21,22);1-2H3. The Morgan fingerprint density at radius 2 is 1.62 bits per heavy atom. The summed E-state index contributed by atoms with van der Waals surface area (Å²) >= 11 is 0. The number of aromatic nitrogens is 3. The van der Waals surface area contributed by atoms with Gasteiger partial charge in [-0.25, -0.2) is 4.98 Å². The van der Waals surface area contributed by atoms with Crippen LogP contribution in [0.25, 0.3) is 21.8 Å². The van der Waals surface area contributed by atoms with Gasteiger partial charge >= 0.3 is 0 Å². The van der Waals surface area contributed by atoms with E-state index in [-0.39, 0.29) is 0 Å². The van der Waals surface area contributed by atoms with Gasteiger partial charge in [-0.3, -0.25) is 4.68 Å². The number of fused-ring (bicyclic) bond motifs is 3. The van der Waals surface area contributed by atoms with Gasteiger partial charge in [-0.15, -0.1) is 0 Å². The lowest BCUT2D eigenvalue weighted by Crippen LogP contribution is -1.99. The van der Waals surface area contributed by atoms with Crippen molar-refractivity contribution in [3.8, 4) is 0 Å². The van der Waals surface area contributed by atoms with Gasteiger partial charge in [-0.1, -0.05) is 63.2 Å². The molecule has 0 aliphatic carbocycles. The van der Waals surface area contributed by atoms with Crippen molar-refractivity contribution in [3.63, 3.8) is 0 Å². The first kappa shape index (κ1) is 17.9. The highest BCUT2D eigenvalue weighted by Crippen LogP contribution is 2.31. The van der Waals surface area contributed by atoms with Gasteiger partial charge in [0.1, 0.15) is 5.52 Å². The average molecular weight is 346 g/mol. The molecule has 2 aromatic carbocycles. The summed E-state index contributed by atoms with van der Waals surface area (Å²) in [5, 5.41) is 6.84. The van der Waals surface area contributed by atoms with Crippen LogP contribution < -0.4 is 5.73 Å². The molecule has 2 N–H and O–H groups in total. The zero-order valence-electron chi connectivity index (χ0n) is 16.0. The molecule has 2 aromatic heterocycles. The molecule has 0 amide bonds. The number of aryl methyl sites for hydroxylation is 2. The molecule has 2 heterocycles. The molecule has 0 bridgehead atoms. The lowest BCUT2D eigenvalue weighted by atomic mass is 10.0. The number of hydrogen-bond acceptors (Lipinski definition) is 3. The van der Waals surface area contributed by atoms with E-state index in [0.29, 0.717) is 5.82 Å². The summed E-state index contributed by atoms with van der Waals surface area (Å²) in [5.41, 5.74) is 11.6. The van der Waals surface area contributed by atoms with Crippen molar-refractivity contribution in [3.05, 3.63) is 65.4 Å². The predicted octanol–water partition coefficient (Wildman–Crippen LogP) is 4.88. The van der Waals surface area contributed by atoms with Crippen molar-refractivity contribution in [1.29, 1.82) is 0 Å². The lowest BCUT2D eigenvalue weighted by Gasteiger charge is -2.06. The van der Waals surface area contributed by atoms with Crippen molar-refractivity contribution in [2.75, 3.05) is 5.73 Å². The van der Waals surface area contributed by atoms with E-state index in [1.165, 1.54) is 16.8 Å². The molecule has 134 valence electrons. The Morgan fingerprint density at radius 3 is 2.31 bits per heavy atom. The van der Waals surface area contributed by atoms with Gasteiger partial charge in [0.15, 0.2) is 5.82 Å². The van der Waals surface area contributed by atoms with E-state index in [2.05, 4.69) is 47.3 Å². The number of benzene rings is 2. The highest BCUT2D eigenvalue weighted by molar-refractivity contribution is 6.09. The van der Waals surface area contributed by atoms with Crippen LogP contribution in [-0.2, 0) is 19.9 Å². The number of nitrogens with two attached hydrogens (primary N) is 1. The summed E-state index contributed by atoms with van der Waals surface area (Å²) in [4.78, 5) is 4.49. The van der Waals surface area contributed by atoms with Crippen molar-refractivity contribution < 1.29 is 0 Å². The number of anilines is 1. The normalized spacial score (nSPS) is 10.8. The van der Waals surface area contributed by atoms with Gasteiger partial charge in [-0.05, 0) is 23.6 Å². The molecular weight excluding hydrogens is 320 g/mol. The first-order valence-electron chi connectivity index (χ1n) is 9.25. The smallest absolute Gasteiger partial charge is 0.152 e. The summed E-state index contributed by atoms with van der Waals surface area (Å²) in [6.45, 7) is 6.17. The minimum absolute atomic E-state index is 0.492. The first-order valence-corrected chi connectivity index (χ1v) is 9.25. The molecule has 0 radical (unpaired) electrons. The van der Waals surface area contributed by atoms with Gasteiger partial charge < -0.3 is 5.73 Å². The Morgan fingerprint density at radius 1 is 0.962 bits per heavy atom. The van der Waals surface area contributed by atoms with Crippen LogP contribution >= 0.6 is 0 Å². The fraction of sp³-hybridized carbons (Fsp3) is 0.273. The molecule has 0 aliphatic heterocycles. The molecule has 0 fully saturated rings. The second kappa shape index (κ2) is 7.56. The molecule has 4 nitrogen and oxygen atoms in total. The number of hydrogen-bond donors (Lipinski definition) is 1. The Bertz CT molecular complexity index is 1030. The molecule has 4 rings (SSSR count). The summed E-state index contributed by atoms with van der Waals surface area (Å²) in [6.07, 6.45) is 1.88. The topological polar surface area (TPSA) is 56.7 Å². The summed E-state index contributed by atoms with van der Waals surface area (Å²) in [6, 6.07) is 16.9. The largest absolute Gasteiger partial charge is 0.382 e. The van der Waals surface area contributed by atoms with Crippen LogP contribution in [0.15, 0.2) is 48.5 Å². The quantitative estimate of drug-likeness (QED) is 0.575. The minimum Gasteiger partial charge on any atom is -0.382 e. The third kappa shape index (κ3) is 3.15. The Balaban J connectivity index is 0.000000948. The Kier molecular flexibility index (Phi) is 5.21. The van der Waals surface area contributed by atoms with E-state index in [1.54, 1.807) is 0 Å². The number of pyridine rings is 1. The van der Waals surface area contributed by atoms with Gasteiger partial charge in [-0.2, -0.15) is 5.10 Å². The zero-order valence-corrected chi connectivity index (χ0v) is 16.0. The molecule has 0 atom stereocenters. The first-order chi connectivity index (χ1) is 12.7. The third-order valence-corrected chi connectivity index (χ3v) is 4.63. The van der Waals surface area contributed by atoms with Gasteiger partial charge in [0.25, 0.3) is 0 Å². The van der Waals surface area contributed by atoms with E-state index < -0.39 is 0 Å². The van der Waals surface area contributed by atoms with Crippen LogP contribution in [0.4, 0.5) is 5.82 Å².